The first-order chi connectivity index (χ1) is 15.8. The van der Waals surface area contributed by atoms with Gasteiger partial charge in [-0.25, -0.2) is 4.79 Å². The molecule has 1 aromatic carbocycles. The number of rotatable bonds is 3. The molecule has 7 nitrogen and oxygen atoms in total. The Labute approximate surface area is 196 Å². The number of aliphatic carboxylic acids is 1. The van der Waals surface area contributed by atoms with E-state index in [4.69, 9.17) is 9.90 Å². The van der Waals surface area contributed by atoms with Gasteiger partial charge in [0.25, 0.3) is 5.91 Å². The molecule has 1 amide bonds. The molecule has 1 aliphatic heterocycles. The van der Waals surface area contributed by atoms with Crippen LogP contribution in [0.15, 0.2) is 30.3 Å². The number of alkyl halides is 3. The highest BCUT2D eigenvalue weighted by Crippen LogP contribution is 2.34. The zero-order valence-electron chi connectivity index (χ0n) is 20.1. The van der Waals surface area contributed by atoms with Crippen LogP contribution in [0.2, 0.25) is 0 Å². The van der Waals surface area contributed by atoms with Crippen LogP contribution in [0, 0.1) is 0 Å². The molecule has 4 rings (SSSR count). The number of para-hydroxylation sites is 1. The highest BCUT2D eigenvalue weighted by molar-refractivity contribution is 6.10. The summed E-state index contributed by atoms with van der Waals surface area (Å²) in [6, 6.07) is 11.5. The molecule has 34 heavy (non-hydrogen) atoms. The predicted molar refractivity (Wildman–Crippen MR) is 125 cm³/mol. The maximum Gasteiger partial charge on any atom is 0.490 e. The fourth-order valence-corrected chi connectivity index (χ4v) is 4.47. The number of carboxylic acid groups (broad SMARTS) is 1. The van der Waals surface area contributed by atoms with Crippen molar-refractivity contribution in [1.29, 1.82) is 0 Å². The Morgan fingerprint density at radius 3 is 2.00 bits per heavy atom. The van der Waals surface area contributed by atoms with Crippen molar-refractivity contribution in [3.8, 4) is 0 Å². The molecular formula is C24H31F3N4O3. The molecule has 10 heteroatoms. The summed E-state index contributed by atoms with van der Waals surface area (Å²) in [5, 5.41) is 8.34. The van der Waals surface area contributed by atoms with Crippen LogP contribution in [0.4, 0.5) is 13.2 Å². The third-order valence-electron chi connectivity index (χ3n) is 6.20. The first-order valence-electron chi connectivity index (χ1n) is 11.3. The largest absolute Gasteiger partial charge is 0.490 e. The SMILES string of the molecule is CC(C)N1CCN(C(=O)c2cc3c(c4ccccc4n3C(C)C)n2C)CC1.O=C(O)C(F)(F)F. The number of carbonyl (C=O) groups is 2. The van der Waals surface area contributed by atoms with Crippen molar-refractivity contribution in [3.05, 3.63) is 36.0 Å². The fraction of sp³-hybridized carbons (Fsp3) is 0.500. The monoisotopic (exact) mass is 480 g/mol. The van der Waals surface area contributed by atoms with E-state index in [2.05, 4.69) is 72.1 Å². The van der Waals surface area contributed by atoms with E-state index in [9.17, 15) is 18.0 Å². The molecule has 186 valence electrons. The smallest absolute Gasteiger partial charge is 0.475 e. The van der Waals surface area contributed by atoms with Crippen molar-refractivity contribution in [1.82, 2.24) is 18.9 Å². The van der Waals surface area contributed by atoms with Gasteiger partial charge in [-0.2, -0.15) is 13.2 Å². The quantitative estimate of drug-likeness (QED) is 0.599. The number of halogens is 3. The molecule has 0 spiro atoms. The Morgan fingerprint density at radius 1 is 0.941 bits per heavy atom. The predicted octanol–water partition coefficient (Wildman–Crippen LogP) is 4.51. The molecule has 1 fully saturated rings. The molecule has 1 saturated heterocycles. The van der Waals surface area contributed by atoms with E-state index in [0.29, 0.717) is 12.1 Å². The minimum atomic E-state index is -5.08. The van der Waals surface area contributed by atoms with Gasteiger partial charge in [-0.1, -0.05) is 18.2 Å². The molecule has 0 radical (unpaired) electrons. The number of benzene rings is 1. The molecule has 3 aromatic rings. The van der Waals surface area contributed by atoms with Gasteiger partial charge in [0.1, 0.15) is 5.69 Å². The van der Waals surface area contributed by atoms with Gasteiger partial charge in [0, 0.05) is 50.7 Å². The Bertz CT molecular complexity index is 1190. The van der Waals surface area contributed by atoms with Crippen LogP contribution < -0.4 is 0 Å². The van der Waals surface area contributed by atoms with E-state index in [1.807, 2.05) is 11.9 Å². The summed E-state index contributed by atoms with van der Waals surface area (Å²) in [6.07, 6.45) is -5.08. The molecule has 3 heterocycles. The zero-order valence-corrected chi connectivity index (χ0v) is 20.1. The molecule has 0 atom stereocenters. The summed E-state index contributed by atoms with van der Waals surface area (Å²) in [6.45, 7) is 12.4. The summed E-state index contributed by atoms with van der Waals surface area (Å²) in [4.78, 5) is 26.6. The highest BCUT2D eigenvalue weighted by Gasteiger charge is 2.38. The molecule has 0 aliphatic carbocycles. The van der Waals surface area contributed by atoms with Crippen LogP contribution in [0.5, 0.6) is 0 Å². The van der Waals surface area contributed by atoms with Crippen LogP contribution in [-0.2, 0) is 11.8 Å². The van der Waals surface area contributed by atoms with E-state index in [1.165, 1.54) is 10.9 Å². The molecule has 1 aliphatic rings. The number of hydrogen-bond acceptors (Lipinski definition) is 3. The normalized spacial score (nSPS) is 15.3. The van der Waals surface area contributed by atoms with Crippen LogP contribution in [0.3, 0.4) is 0 Å². The van der Waals surface area contributed by atoms with Crippen molar-refractivity contribution in [3.63, 3.8) is 0 Å². The topological polar surface area (TPSA) is 70.7 Å². The Hall–Kier alpha value is -3.01. The third-order valence-corrected chi connectivity index (χ3v) is 6.20. The van der Waals surface area contributed by atoms with Crippen molar-refractivity contribution in [2.24, 2.45) is 7.05 Å². The lowest BCUT2D eigenvalue weighted by atomic mass is 10.2. The zero-order chi connectivity index (χ0) is 25.4. The number of nitrogens with zero attached hydrogens (tertiary/aromatic N) is 4. The Kier molecular flexibility index (Phi) is 7.30. The van der Waals surface area contributed by atoms with Crippen LogP contribution >= 0.6 is 0 Å². The molecule has 0 unspecified atom stereocenters. The maximum absolute atomic E-state index is 13.3. The lowest BCUT2D eigenvalue weighted by molar-refractivity contribution is -0.192. The number of carbonyl (C=O) groups excluding carboxylic acids is 1. The molecule has 0 saturated carbocycles. The molecule has 0 bridgehead atoms. The van der Waals surface area contributed by atoms with Gasteiger partial charge < -0.3 is 19.1 Å². The fourth-order valence-electron chi connectivity index (χ4n) is 4.47. The van der Waals surface area contributed by atoms with Gasteiger partial charge in [0.15, 0.2) is 0 Å². The number of piperazine rings is 1. The molecule has 1 N–H and O–H groups in total. The first-order valence-corrected chi connectivity index (χ1v) is 11.3. The van der Waals surface area contributed by atoms with Gasteiger partial charge in [-0.15, -0.1) is 0 Å². The lowest BCUT2D eigenvalue weighted by Crippen LogP contribution is -2.50. The second kappa shape index (κ2) is 9.69. The summed E-state index contributed by atoms with van der Waals surface area (Å²) in [5.41, 5.74) is 4.33. The van der Waals surface area contributed by atoms with E-state index < -0.39 is 12.1 Å². The maximum atomic E-state index is 13.3. The van der Waals surface area contributed by atoms with Crippen molar-refractivity contribution >= 4 is 33.8 Å². The van der Waals surface area contributed by atoms with Crippen LogP contribution in [0.1, 0.15) is 44.2 Å². The van der Waals surface area contributed by atoms with Crippen molar-refractivity contribution in [2.45, 2.75) is 46.0 Å². The van der Waals surface area contributed by atoms with E-state index in [0.717, 1.165) is 42.9 Å². The summed E-state index contributed by atoms with van der Waals surface area (Å²) < 4.78 is 36.2. The van der Waals surface area contributed by atoms with Crippen molar-refractivity contribution in [2.75, 3.05) is 26.2 Å². The number of amides is 1. The standard InChI is InChI=1S/C22H30N4O.C2HF3O2/c1-15(2)24-10-12-25(13-11-24)22(27)20-14-19-21(23(20)5)17-8-6-7-9-18(17)26(19)16(3)4;3-2(4,5)1(6)7/h6-9,14-16H,10-13H2,1-5H3;(H,6,7). The number of carboxylic acids is 1. The van der Waals surface area contributed by atoms with Crippen LogP contribution in [-0.4, -0.2) is 74.3 Å². The highest BCUT2D eigenvalue weighted by atomic mass is 19.4. The summed E-state index contributed by atoms with van der Waals surface area (Å²) in [5.74, 6) is -2.61. The third kappa shape index (κ3) is 4.91. The van der Waals surface area contributed by atoms with E-state index in [1.54, 1.807) is 0 Å². The molecular weight excluding hydrogens is 449 g/mol. The van der Waals surface area contributed by atoms with Crippen LogP contribution in [0.25, 0.3) is 21.9 Å². The molecule has 2 aromatic heterocycles. The van der Waals surface area contributed by atoms with E-state index in [-0.39, 0.29) is 5.91 Å². The van der Waals surface area contributed by atoms with Gasteiger partial charge in [0.05, 0.1) is 16.6 Å². The minimum absolute atomic E-state index is 0.150. The van der Waals surface area contributed by atoms with Gasteiger partial charge in [-0.3, -0.25) is 9.69 Å². The average molecular weight is 481 g/mol. The summed E-state index contributed by atoms with van der Waals surface area (Å²) >= 11 is 0. The minimum Gasteiger partial charge on any atom is -0.475 e. The second-order valence-electron chi connectivity index (χ2n) is 9.03. The number of aryl methyl sites for hydroxylation is 1. The number of aromatic nitrogens is 2. The lowest BCUT2D eigenvalue weighted by Gasteiger charge is -2.36. The number of hydrogen-bond donors (Lipinski definition) is 1. The Morgan fingerprint density at radius 2 is 1.50 bits per heavy atom. The second-order valence-corrected chi connectivity index (χ2v) is 9.03. The average Bonchev–Trinajstić information content (AvgIpc) is 3.27. The number of fused-ring (bicyclic) bond motifs is 3. The first kappa shape index (κ1) is 25.6. The van der Waals surface area contributed by atoms with E-state index >= 15 is 0 Å². The summed E-state index contributed by atoms with van der Waals surface area (Å²) in [7, 11) is 2.02. The Balaban J connectivity index is 0.000000406. The van der Waals surface area contributed by atoms with Crippen molar-refractivity contribution < 1.29 is 27.9 Å². The van der Waals surface area contributed by atoms with Gasteiger partial charge >= 0.3 is 12.1 Å². The van der Waals surface area contributed by atoms with Gasteiger partial charge in [0.2, 0.25) is 0 Å². The van der Waals surface area contributed by atoms with Gasteiger partial charge in [-0.05, 0) is 39.8 Å².